The first-order valence-electron chi connectivity index (χ1n) is 10.8. The van der Waals surface area contributed by atoms with Gasteiger partial charge in [-0.1, -0.05) is 49.9 Å². The Morgan fingerprint density at radius 2 is 0.786 bits per heavy atom. The Morgan fingerprint density at radius 3 is 1.11 bits per heavy atom. The van der Waals surface area contributed by atoms with Crippen molar-refractivity contribution in [2.45, 2.75) is 51.4 Å². The number of anilines is 4. The summed E-state index contributed by atoms with van der Waals surface area (Å²) in [5, 5.41) is 18.0. The Hall–Kier alpha value is -2.04. The topological polar surface area (TPSA) is 46.9 Å². The third kappa shape index (κ3) is 5.06. The average Bonchev–Trinajstić information content (AvgIpc) is 2.74. The normalized spacial score (nSPS) is 12.8. The number of hydrogen-bond acceptors (Lipinski definition) is 4. The van der Waals surface area contributed by atoms with Crippen LogP contribution in [0, 0.1) is 0 Å². The van der Waals surface area contributed by atoms with Crippen LogP contribution in [-0.2, 0) is 0 Å². The summed E-state index contributed by atoms with van der Waals surface area (Å²) in [6.45, 7) is 2.60. The molecular formula is C24H34N2O2. The van der Waals surface area contributed by atoms with Gasteiger partial charge in [0.05, 0.1) is 22.7 Å². The number of unbranched alkanes of at least 4 members (excludes halogenated alkanes) is 6. The highest BCUT2D eigenvalue weighted by Crippen LogP contribution is 2.47. The Labute approximate surface area is 169 Å². The molecule has 2 aromatic carbocycles. The summed E-state index contributed by atoms with van der Waals surface area (Å²) in [7, 11) is 0. The van der Waals surface area contributed by atoms with E-state index < -0.39 is 0 Å². The monoisotopic (exact) mass is 382 g/mol. The predicted octanol–water partition coefficient (Wildman–Crippen LogP) is 5.38. The van der Waals surface area contributed by atoms with Crippen LogP contribution in [-0.4, -0.2) is 36.5 Å². The lowest BCUT2D eigenvalue weighted by Crippen LogP contribution is -2.30. The highest BCUT2D eigenvalue weighted by Gasteiger charge is 2.27. The zero-order valence-electron chi connectivity index (χ0n) is 16.9. The molecule has 1 aliphatic heterocycles. The molecular weight excluding hydrogens is 348 g/mol. The van der Waals surface area contributed by atoms with Crippen LogP contribution in [0.1, 0.15) is 51.4 Å². The van der Waals surface area contributed by atoms with Crippen molar-refractivity contribution in [2.75, 3.05) is 36.1 Å². The molecule has 1 aliphatic rings. The largest absolute Gasteiger partial charge is 0.396 e. The summed E-state index contributed by atoms with van der Waals surface area (Å²) < 4.78 is 0. The SMILES string of the molecule is OCCCCCCN1c2ccccc2N(CCCCCCO)c2ccccc21. The van der Waals surface area contributed by atoms with E-state index in [1.165, 1.54) is 22.7 Å². The molecule has 4 heteroatoms. The molecule has 0 saturated carbocycles. The fraction of sp³-hybridized carbons (Fsp3) is 0.500. The minimum atomic E-state index is 0.294. The molecule has 0 bridgehead atoms. The molecule has 2 N–H and O–H groups in total. The second-order valence-corrected chi connectivity index (χ2v) is 7.56. The van der Waals surface area contributed by atoms with Gasteiger partial charge in [0.2, 0.25) is 0 Å². The van der Waals surface area contributed by atoms with Crippen molar-refractivity contribution in [3.63, 3.8) is 0 Å². The van der Waals surface area contributed by atoms with E-state index in [1.54, 1.807) is 0 Å². The van der Waals surface area contributed by atoms with Gasteiger partial charge in [0.25, 0.3) is 0 Å². The van der Waals surface area contributed by atoms with Crippen molar-refractivity contribution in [3.05, 3.63) is 48.5 Å². The molecule has 0 aliphatic carbocycles. The van der Waals surface area contributed by atoms with Crippen LogP contribution < -0.4 is 9.80 Å². The quantitative estimate of drug-likeness (QED) is 0.484. The summed E-state index contributed by atoms with van der Waals surface area (Å²) in [5.74, 6) is 0. The van der Waals surface area contributed by atoms with Gasteiger partial charge in [-0.05, 0) is 49.9 Å². The smallest absolute Gasteiger partial charge is 0.0652 e. The molecule has 28 heavy (non-hydrogen) atoms. The molecule has 4 nitrogen and oxygen atoms in total. The van der Waals surface area contributed by atoms with E-state index in [4.69, 9.17) is 10.2 Å². The van der Waals surface area contributed by atoms with E-state index in [0.717, 1.165) is 64.5 Å². The van der Waals surface area contributed by atoms with Crippen LogP contribution in [0.2, 0.25) is 0 Å². The molecule has 0 spiro atoms. The number of aliphatic hydroxyl groups is 2. The van der Waals surface area contributed by atoms with E-state index in [2.05, 4.69) is 58.3 Å². The molecule has 0 amide bonds. The van der Waals surface area contributed by atoms with Gasteiger partial charge in [0, 0.05) is 26.3 Å². The second kappa shape index (κ2) is 11.1. The van der Waals surface area contributed by atoms with Gasteiger partial charge in [-0.3, -0.25) is 0 Å². The molecule has 0 atom stereocenters. The van der Waals surface area contributed by atoms with Gasteiger partial charge in [-0.25, -0.2) is 0 Å². The second-order valence-electron chi connectivity index (χ2n) is 7.56. The number of nitrogens with zero attached hydrogens (tertiary/aromatic N) is 2. The van der Waals surface area contributed by atoms with Crippen LogP contribution in [0.5, 0.6) is 0 Å². The van der Waals surface area contributed by atoms with Crippen molar-refractivity contribution in [1.82, 2.24) is 0 Å². The zero-order valence-corrected chi connectivity index (χ0v) is 16.9. The number of hydrogen-bond donors (Lipinski definition) is 2. The van der Waals surface area contributed by atoms with Gasteiger partial charge < -0.3 is 20.0 Å². The molecule has 0 aromatic heterocycles. The zero-order chi connectivity index (χ0) is 19.6. The summed E-state index contributed by atoms with van der Waals surface area (Å²) in [5.41, 5.74) is 5.16. The van der Waals surface area contributed by atoms with Gasteiger partial charge in [0.1, 0.15) is 0 Å². The molecule has 0 unspecified atom stereocenters. The Morgan fingerprint density at radius 1 is 0.464 bits per heavy atom. The molecule has 0 radical (unpaired) electrons. The lowest BCUT2D eigenvalue weighted by molar-refractivity contribution is 0.282. The maximum Gasteiger partial charge on any atom is 0.0652 e. The van der Waals surface area contributed by atoms with E-state index in [9.17, 15) is 0 Å². The summed E-state index contributed by atoms with van der Waals surface area (Å²) >= 11 is 0. The number of fused-ring (bicyclic) bond motifs is 2. The van der Waals surface area contributed by atoms with Crippen molar-refractivity contribution >= 4 is 22.7 Å². The van der Waals surface area contributed by atoms with Gasteiger partial charge in [0.15, 0.2) is 0 Å². The molecule has 1 heterocycles. The van der Waals surface area contributed by atoms with E-state index in [1.807, 2.05) is 0 Å². The van der Waals surface area contributed by atoms with E-state index in [0.29, 0.717) is 13.2 Å². The molecule has 152 valence electrons. The van der Waals surface area contributed by atoms with Crippen molar-refractivity contribution in [3.8, 4) is 0 Å². The van der Waals surface area contributed by atoms with Gasteiger partial charge in [-0.2, -0.15) is 0 Å². The first-order valence-corrected chi connectivity index (χ1v) is 10.8. The highest BCUT2D eigenvalue weighted by atomic mass is 16.3. The first kappa shape index (κ1) is 20.7. The number of rotatable bonds is 12. The summed E-state index contributed by atoms with van der Waals surface area (Å²) in [6, 6.07) is 17.5. The molecule has 0 fully saturated rings. The predicted molar refractivity (Wildman–Crippen MR) is 118 cm³/mol. The van der Waals surface area contributed by atoms with Crippen molar-refractivity contribution in [1.29, 1.82) is 0 Å². The summed E-state index contributed by atoms with van der Waals surface area (Å²) in [6.07, 6.45) is 8.54. The Balaban J connectivity index is 1.76. The average molecular weight is 383 g/mol. The maximum atomic E-state index is 8.99. The van der Waals surface area contributed by atoms with Crippen LogP contribution in [0.25, 0.3) is 0 Å². The van der Waals surface area contributed by atoms with Crippen LogP contribution in [0.15, 0.2) is 48.5 Å². The lowest BCUT2D eigenvalue weighted by atomic mass is 10.0. The maximum absolute atomic E-state index is 8.99. The fourth-order valence-electron chi connectivity index (χ4n) is 4.05. The minimum Gasteiger partial charge on any atom is -0.396 e. The summed E-state index contributed by atoms with van der Waals surface area (Å²) in [4.78, 5) is 4.93. The first-order chi connectivity index (χ1) is 13.9. The Bertz CT molecular complexity index is 612. The van der Waals surface area contributed by atoms with Crippen LogP contribution >= 0.6 is 0 Å². The molecule has 2 aromatic rings. The van der Waals surface area contributed by atoms with Crippen molar-refractivity contribution in [2.24, 2.45) is 0 Å². The third-order valence-electron chi connectivity index (χ3n) is 5.51. The number of benzene rings is 2. The minimum absolute atomic E-state index is 0.294. The number of para-hydroxylation sites is 4. The van der Waals surface area contributed by atoms with Crippen molar-refractivity contribution < 1.29 is 10.2 Å². The van der Waals surface area contributed by atoms with Gasteiger partial charge in [-0.15, -0.1) is 0 Å². The fourth-order valence-corrected chi connectivity index (χ4v) is 4.05. The Kier molecular flexibility index (Phi) is 8.19. The highest BCUT2D eigenvalue weighted by molar-refractivity contribution is 5.93. The lowest BCUT2D eigenvalue weighted by Gasteiger charge is -2.40. The number of aliphatic hydroxyl groups excluding tert-OH is 2. The molecule has 3 rings (SSSR count). The molecule has 0 saturated heterocycles. The van der Waals surface area contributed by atoms with Crippen LogP contribution in [0.3, 0.4) is 0 Å². The third-order valence-corrected chi connectivity index (χ3v) is 5.51. The van der Waals surface area contributed by atoms with Gasteiger partial charge >= 0.3 is 0 Å². The van der Waals surface area contributed by atoms with E-state index >= 15 is 0 Å². The standard InChI is InChI=1S/C24H34N2O2/c27-19-11-3-1-9-17-25-21-13-5-7-15-23(21)26(18-10-2-4-12-20-28)24-16-8-6-14-22(24)25/h5-8,13-16,27-28H,1-4,9-12,17-20H2. The van der Waals surface area contributed by atoms with E-state index in [-0.39, 0.29) is 0 Å². The van der Waals surface area contributed by atoms with Crippen LogP contribution in [0.4, 0.5) is 22.7 Å².